The Hall–Kier alpha value is -1.91. The van der Waals surface area contributed by atoms with Gasteiger partial charge in [0.25, 0.3) is 0 Å². The van der Waals surface area contributed by atoms with Crippen molar-refractivity contribution in [3.05, 3.63) is 47.8 Å². The van der Waals surface area contributed by atoms with E-state index in [2.05, 4.69) is 10.4 Å². The third-order valence-corrected chi connectivity index (χ3v) is 2.54. The van der Waals surface area contributed by atoms with Crippen LogP contribution >= 0.6 is 0 Å². The molecule has 0 saturated carbocycles. The Balaban J connectivity index is 2.20. The van der Waals surface area contributed by atoms with Crippen molar-refractivity contribution in [3.63, 3.8) is 0 Å². The summed E-state index contributed by atoms with van der Waals surface area (Å²) < 4.78 is 28.2. The van der Waals surface area contributed by atoms with Gasteiger partial charge < -0.3 is 5.32 Å². The number of nitrogens with zero attached hydrogens (tertiary/aromatic N) is 2. The highest BCUT2D eigenvalue weighted by molar-refractivity contribution is 5.41. The third-order valence-electron chi connectivity index (χ3n) is 2.54. The van der Waals surface area contributed by atoms with Gasteiger partial charge in [-0.1, -0.05) is 12.1 Å². The van der Waals surface area contributed by atoms with E-state index in [9.17, 15) is 8.78 Å². The van der Waals surface area contributed by atoms with Crippen LogP contribution in [0.5, 0.6) is 0 Å². The Morgan fingerprint density at radius 2 is 2.12 bits per heavy atom. The van der Waals surface area contributed by atoms with Crippen LogP contribution in [0.1, 0.15) is 18.5 Å². The van der Waals surface area contributed by atoms with Gasteiger partial charge >= 0.3 is 0 Å². The predicted molar refractivity (Wildman–Crippen MR) is 61.6 cm³/mol. The van der Waals surface area contributed by atoms with Crippen LogP contribution in [0.2, 0.25) is 0 Å². The monoisotopic (exact) mass is 237 g/mol. The van der Waals surface area contributed by atoms with Crippen LogP contribution in [0.3, 0.4) is 0 Å². The molecular weight excluding hydrogens is 224 g/mol. The first-order valence-corrected chi connectivity index (χ1v) is 5.27. The lowest BCUT2D eigenvalue weighted by Gasteiger charge is -2.14. The van der Waals surface area contributed by atoms with Gasteiger partial charge in [-0.15, -0.1) is 0 Å². The average Bonchev–Trinajstić information content (AvgIpc) is 2.68. The SMILES string of the molecule is CC(Nc1cnn(C)c1)c1cccc(F)c1F. The average molecular weight is 237 g/mol. The molecule has 0 spiro atoms. The van der Waals surface area contributed by atoms with Crippen LogP contribution in [-0.4, -0.2) is 9.78 Å². The molecule has 0 amide bonds. The van der Waals surface area contributed by atoms with Gasteiger partial charge in [0.15, 0.2) is 11.6 Å². The molecule has 1 aromatic heterocycles. The first kappa shape index (κ1) is 11.6. The molecule has 2 aromatic rings. The number of aryl methyl sites for hydroxylation is 1. The summed E-state index contributed by atoms with van der Waals surface area (Å²) in [5.41, 5.74) is 1.07. The van der Waals surface area contributed by atoms with E-state index in [1.165, 1.54) is 6.07 Å². The van der Waals surface area contributed by atoms with Crippen LogP contribution in [0, 0.1) is 11.6 Å². The van der Waals surface area contributed by atoms with Gasteiger partial charge in [0.2, 0.25) is 0 Å². The Morgan fingerprint density at radius 3 is 2.76 bits per heavy atom. The molecule has 90 valence electrons. The number of nitrogens with one attached hydrogen (secondary N) is 1. The Kier molecular flexibility index (Phi) is 3.08. The summed E-state index contributed by atoms with van der Waals surface area (Å²) in [6.45, 7) is 1.77. The standard InChI is InChI=1S/C12H13F2N3/c1-8(16-9-6-15-17(2)7-9)10-4-3-5-11(13)12(10)14/h3-8,16H,1-2H3. The zero-order valence-corrected chi connectivity index (χ0v) is 9.61. The Labute approximate surface area is 98.1 Å². The molecule has 0 aliphatic carbocycles. The summed E-state index contributed by atoms with van der Waals surface area (Å²) in [5.74, 6) is -1.64. The van der Waals surface area contributed by atoms with Crippen molar-refractivity contribution >= 4 is 5.69 Å². The van der Waals surface area contributed by atoms with E-state index < -0.39 is 11.6 Å². The molecule has 0 radical (unpaired) electrons. The van der Waals surface area contributed by atoms with Crippen molar-refractivity contribution in [1.29, 1.82) is 0 Å². The van der Waals surface area contributed by atoms with E-state index in [1.54, 1.807) is 37.1 Å². The molecule has 0 aliphatic heterocycles. The topological polar surface area (TPSA) is 29.9 Å². The fourth-order valence-corrected chi connectivity index (χ4v) is 1.68. The smallest absolute Gasteiger partial charge is 0.164 e. The molecule has 1 N–H and O–H groups in total. The maximum absolute atomic E-state index is 13.5. The molecule has 3 nitrogen and oxygen atoms in total. The van der Waals surface area contributed by atoms with Gasteiger partial charge in [-0.25, -0.2) is 8.78 Å². The highest BCUT2D eigenvalue weighted by Gasteiger charge is 2.14. The van der Waals surface area contributed by atoms with Gasteiger partial charge in [0, 0.05) is 18.8 Å². The van der Waals surface area contributed by atoms with Gasteiger partial charge in [-0.2, -0.15) is 5.10 Å². The van der Waals surface area contributed by atoms with Crippen molar-refractivity contribution < 1.29 is 8.78 Å². The number of aromatic nitrogens is 2. The summed E-state index contributed by atoms with van der Waals surface area (Å²) in [6, 6.07) is 3.84. The number of hydrogen-bond acceptors (Lipinski definition) is 2. The number of halogens is 2. The summed E-state index contributed by atoms with van der Waals surface area (Å²) in [6.07, 6.45) is 3.40. The lowest BCUT2D eigenvalue weighted by atomic mass is 10.1. The largest absolute Gasteiger partial charge is 0.376 e. The van der Waals surface area contributed by atoms with Crippen molar-refractivity contribution in [1.82, 2.24) is 9.78 Å². The number of hydrogen-bond donors (Lipinski definition) is 1. The Bertz CT molecular complexity index is 522. The van der Waals surface area contributed by atoms with Crippen molar-refractivity contribution in [3.8, 4) is 0 Å². The van der Waals surface area contributed by atoms with E-state index >= 15 is 0 Å². The maximum atomic E-state index is 13.5. The first-order valence-electron chi connectivity index (χ1n) is 5.27. The summed E-state index contributed by atoms with van der Waals surface area (Å²) >= 11 is 0. The molecular formula is C12H13F2N3. The fourth-order valence-electron chi connectivity index (χ4n) is 1.68. The zero-order chi connectivity index (χ0) is 12.4. The predicted octanol–water partition coefficient (Wildman–Crippen LogP) is 2.87. The van der Waals surface area contributed by atoms with Gasteiger partial charge in [0.1, 0.15) is 0 Å². The molecule has 1 heterocycles. The maximum Gasteiger partial charge on any atom is 0.164 e. The summed E-state index contributed by atoms with van der Waals surface area (Å²) in [5, 5.41) is 7.05. The van der Waals surface area contributed by atoms with E-state index in [1.807, 2.05) is 0 Å². The van der Waals surface area contributed by atoms with Crippen LogP contribution in [0.4, 0.5) is 14.5 Å². The molecule has 5 heteroatoms. The van der Waals surface area contributed by atoms with E-state index in [0.29, 0.717) is 5.56 Å². The second-order valence-electron chi connectivity index (χ2n) is 3.91. The van der Waals surface area contributed by atoms with Crippen LogP contribution in [0.25, 0.3) is 0 Å². The number of rotatable bonds is 3. The van der Waals surface area contributed by atoms with Crippen LogP contribution in [-0.2, 0) is 7.05 Å². The summed E-state index contributed by atoms with van der Waals surface area (Å²) in [7, 11) is 1.79. The van der Waals surface area contributed by atoms with Crippen molar-refractivity contribution in [2.45, 2.75) is 13.0 Å². The lowest BCUT2D eigenvalue weighted by molar-refractivity contribution is 0.494. The molecule has 1 aromatic carbocycles. The fraction of sp³-hybridized carbons (Fsp3) is 0.250. The molecule has 2 rings (SSSR count). The first-order chi connectivity index (χ1) is 8.08. The second kappa shape index (κ2) is 4.53. The van der Waals surface area contributed by atoms with Gasteiger partial charge in [-0.3, -0.25) is 4.68 Å². The number of anilines is 1. The molecule has 0 bridgehead atoms. The van der Waals surface area contributed by atoms with E-state index in [0.717, 1.165) is 11.8 Å². The quantitative estimate of drug-likeness (QED) is 0.889. The van der Waals surface area contributed by atoms with Gasteiger partial charge in [0.05, 0.1) is 17.9 Å². The van der Waals surface area contributed by atoms with Crippen LogP contribution < -0.4 is 5.32 Å². The highest BCUT2D eigenvalue weighted by Crippen LogP contribution is 2.22. The molecule has 17 heavy (non-hydrogen) atoms. The number of benzene rings is 1. The van der Waals surface area contributed by atoms with Crippen molar-refractivity contribution in [2.75, 3.05) is 5.32 Å². The minimum atomic E-state index is -0.831. The van der Waals surface area contributed by atoms with E-state index in [4.69, 9.17) is 0 Å². The highest BCUT2D eigenvalue weighted by atomic mass is 19.2. The van der Waals surface area contributed by atoms with Crippen LogP contribution in [0.15, 0.2) is 30.6 Å². The third kappa shape index (κ3) is 2.43. The zero-order valence-electron chi connectivity index (χ0n) is 9.61. The molecule has 0 aliphatic rings. The second-order valence-corrected chi connectivity index (χ2v) is 3.91. The molecule has 1 unspecified atom stereocenters. The van der Waals surface area contributed by atoms with Crippen molar-refractivity contribution in [2.24, 2.45) is 7.05 Å². The molecule has 0 fully saturated rings. The minimum absolute atomic E-state index is 0.300. The minimum Gasteiger partial charge on any atom is -0.376 e. The normalized spacial score (nSPS) is 12.5. The van der Waals surface area contributed by atoms with E-state index in [-0.39, 0.29) is 6.04 Å². The molecule has 1 atom stereocenters. The Morgan fingerprint density at radius 1 is 1.35 bits per heavy atom. The van der Waals surface area contributed by atoms with Gasteiger partial charge in [-0.05, 0) is 13.0 Å². The summed E-state index contributed by atoms with van der Waals surface area (Å²) in [4.78, 5) is 0. The lowest BCUT2D eigenvalue weighted by Crippen LogP contribution is -2.09. The molecule has 0 saturated heterocycles.